The fraction of sp³-hybridized carbons (Fsp3) is 0.231. The molecule has 0 fully saturated rings. The molecule has 0 unspecified atom stereocenters. The number of aromatic nitrogens is 2. The van der Waals surface area contributed by atoms with E-state index in [1.807, 2.05) is 16.8 Å². The van der Waals surface area contributed by atoms with Gasteiger partial charge in [0, 0.05) is 24.5 Å². The molecule has 0 radical (unpaired) electrons. The monoisotopic (exact) mass is 227 g/mol. The second kappa shape index (κ2) is 4.71. The Morgan fingerprint density at radius 1 is 1.47 bits per heavy atom. The molecule has 4 nitrogen and oxygen atoms in total. The highest BCUT2D eigenvalue weighted by molar-refractivity contribution is 5.61. The molecule has 86 valence electrons. The molecule has 0 atom stereocenters. The van der Waals surface area contributed by atoms with Crippen molar-refractivity contribution in [2.24, 2.45) is 0 Å². The number of phenols is 1. The fourth-order valence-corrected chi connectivity index (χ4v) is 1.76. The molecule has 2 aromatic rings. The van der Waals surface area contributed by atoms with Gasteiger partial charge in [-0.3, -0.25) is 0 Å². The van der Waals surface area contributed by atoms with Crippen LogP contribution in [-0.2, 0) is 6.54 Å². The number of hydrogen-bond donors (Lipinski definition) is 1. The number of rotatable bonds is 3. The molecule has 4 heteroatoms. The van der Waals surface area contributed by atoms with Gasteiger partial charge < -0.3 is 9.67 Å². The second-order valence-electron chi connectivity index (χ2n) is 3.79. The number of nitrogens with zero attached hydrogens (tertiary/aromatic N) is 3. The predicted octanol–water partition coefficient (Wildman–Crippen LogP) is 2.54. The van der Waals surface area contributed by atoms with Crippen LogP contribution in [0.5, 0.6) is 5.75 Å². The van der Waals surface area contributed by atoms with Crippen LogP contribution in [0.3, 0.4) is 0 Å². The van der Waals surface area contributed by atoms with Gasteiger partial charge >= 0.3 is 0 Å². The van der Waals surface area contributed by atoms with Crippen LogP contribution in [0.2, 0.25) is 0 Å². The van der Waals surface area contributed by atoms with E-state index in [0.717, 1.165) is 24.4 Å². The first-order valence-corrected chi connectivity index (χ1v) is 5.51. The maximum atomic E-state index is 9.46. The van der Waals surface area contributed by atoms with Gasteiger partial charge in [0.05, 0.1) is 5.56 Å². The topological polar surface area (TPSA) is 61.8 Å². The summed E-state index contributed by atoms with van der Waals surface area (Å²) >= 11 is 0. The van der Waals surface area contributed by atoms with Crippen LogP contribution in [0.25, 0.3) is 11.4 Å². The summed E-state index contributed by atoms with van der Waals surface area (Å²) in [7, 11) is 0. The minimum Gasteiger partial charge on any atom is -0.507 e. The molecule has 0 saturated carbocycles. The van der Waals surface area contributed by atoms with Gasteiger partial charge in [0.2, 0.25) is 0 Å². The number of nitriles is 1. The summed E-state index contributed by atoms with van der Waals surface area (Å²) in [5.41, 5.74) is 1.12. The van der Waals surface area contributed by atoms with Crippen molar-refractivity contribution in [2.45, 2.75) is 19.9 Å². The number of benzene rings is 1. The smallest absolute Gasteiger partial charge is 0.139 e. The second-order valence-corrected chi connectivity index (χ2v) is 3.79. The zero-order valence-electron chi connectivity index (χ0n) is 9.59. The van der Waals surface area contributed by atoms with Gasteiger partial charge in [-0.15, -0.1) is 0 Å². The summed E-state index contributed by atoms with van der Waals surface area (Å²) in [6, 6.07) is 6.91. The average molecular weight is 227 g/mol. The summed E-state index contributed by atoms with van der Waals surface area (Å²) < 4.78 is 2.04. The average Bonchev–Trinajstić information content (AvgIpc) is 2.78. The van der Waals surface area contributed by atoms with Gasteiger partial charge in [-0.05, 0) is 24.6 Å². The van der Waals surface area contributed by atoms with Gasteiger partial charge in [0.15, 0.2) is 0 Å². The van der Waals surface area contributed by atoms with Crippen molar-refractivity contribution < 1.29 is 5.11 Å². The first kappa shape index (κ1) is 11.2. The summed E-state index contributed by atoms with van der Waals surface area (Å²) in [5.74, 6) is 0.827. The highest BCUT2D eigenvalue weighted by Gasteiger charge is 2.08. The molecule has 0 aliphatic rings. The Labute approximate surface area is 99.8 Å². The number of hydrogen-bond acceptors (Lipinski definition) is 3. The number of imidazole rings is 1. The lowest BCUT2D eigenvalue weighted by Crippen LogP contribution is -1.98. The molecule has 1 aromatic carbocycles. The van der Waals surface area contributed by atoms with Crippen molar-refractivity contribution in [1.82, 2.24) is 9.55 Å². The maximum absolute atomic E-state index is 9.46. The molecule has 0 aliphatic heterocycles. The van der Waals surface area contributed by atoms with E-state index >= 15 is 0 Å². The first-order valence-electron chi connectivity index (χ1n) is 5.51. The Hall–Kier alpha value is -2.28. The Morgan fingerprint density at radius 3 is 3.00 bits per heavy atom. The molecule has 0 amide bonds. The minimum atomic E-state index is 0.00449. The number of aromatic hydroxyl groups is 1. The third-order valence-corrected chi connectivity index (χ3v) is 2.56. The normalized spacial score (nSPS) is 10.1. The zero-order chi connectivity index (χ0) is 12.3. The third kappa shape index (κ3) is 2.13. The number of aryl methyl sites for hydroxylation is 1. The van der Waals surface area contributed by atoms with E-state index in [4.69, 9.17) is 5.26 Å². The van der Waals surface area contributed by atoms with Crippen molar-refractivity contribution in [3.63, 3.8) is 0 Å². The Balaban J connectivity index is 2.46. The molecule has 1 N–H and O–H groups in total. The lowest BCUT2D eigenvalue weighted by Gasteiger charge is -2.07. The van der Waals surface area contributed by atoms with Gasteiger partial charge in [-0.1, -0.05) is 6.92 Å². The predicted molar refractivity (Wildman–Crippen MR) is 64.3 cm³/mol. The largest absolute Gasteiger partial charge is 0.507 e. The summed E-state index contributed by atoms with van der Waals surface area (Å²) in [6.45, 7) is 2.99. The van der Waals surface area contributed by atoms with E-state index < -0.39 is 0 Å². The van der Waals surface area contributed by atoms with E-state index in [1.54, 1.807) is 18.3 Å². The molecule has 0 aliphatic carbocycles. The van der Waals surface area contributed by atoms with Crippen LogP contribution < -0.4 is 0 Å². The molecule has 0 bridgehead atoms. The molecule has 0 spiro atoms. The van der Waals surface area contributed by atoms with Crippen molar-refractivity contribution >= 4 is 0 Å². The summed E-state index contributed by atoms with van der Waals surface area (Å²) in [5, 5.41) is 18.3. The first-order chi connectivity index (χ1) is 8.26. The van der Waals surface area contributed by atoms with Crippen molar-refractivity contribution in [2.75, 3.05) is 0 Å². The quantitative estimate of drug-likeness (QED) is 0.876. The van der Waals surface area contributed by atoms with Crippen LogP contribution >= 0.6 is 0 Å². The van der Waals surface area contributed by atoms with E-state index in [-0.39, 0.29) is 11.3 Å². The summed E-state index contributed by atoms with van der Waals surface area (Å²) in [6.07, 6.45) is 4.67. The van der Waals surface area contributed by atoms with Crippen LogP contribution in [0, 0.1) is 11.3 Å². The minimum absolute atomic E-state index is 0.00449. The van der Waals surface area contributed by atoms with Crippen LogP contribution in [0.1, 0.15) is 18.9 Å². The molecule has 1 aromatic heterocycles. The maximum Gasteiger partial charge on any atom is 0.139 e. The highest BCUT2D eigenvalue weighted by atomic mass is 16.3. The molecule has 17 heavy (non-hydrogen) atoms. The van der Waals surface area contributed by atoms with E-state index in [2.05, 4.69) is 11.9 Å². The van der Waals surface area contributed by atoms with Crippen LogP contribution in [0.15, 0.2) is 30.6 Å². The Kier molecular flexibility index (Phi) is 3.10. The van der Waals surface area contributed by atoms with E-state index in [9.17, 15) is 5.11 Å². The van der Waals surface area contributed by atoms with Gasteiger partial charge in [-0.2, -0.15) is 5.26 Å². The lowest BCUT2D eigenvalue weighted by molar-refractivity contribution is 0.473. The SMILES string of the molecule is CCCn1ccnc1-c1ccc(O)c(C#N)c1. The molecular formula is C13H13N3O. The zero-order valence-corrected chi connectivity index (χ0v) is 9.59. The van der Waals surface area contributed by atoms with E-state index in [1.165, 1.54) is 6.07 Å². The van der Waals surface area contributed by atoms with Crippen molar-refractivity contribution in [3.05, 3.63) is 36.2 Å². The fourth-order valence-electron chi connectivity index (χ4n) is 1.76. The molecule has 1 heterocycles. The van der Waals surface area contributed by atoms with Crippen LogP contribution in [-0.4, -0.2) is 14.7 Å². The highest BCUT2D eigenvalue weighted by Crippen LogP contribution is 2.24. The summed E-state index contributed by atoms with van der Waals surface area (Å²) in [4.78, 5) is 4.28. The van der Waals surface area contributed by atoms with Gasteiger partial charge in [0.25, 0.3) is 0 Å². The van der Waals surface area contributed by atoms with E-state index in [0.29, 0.717) is 0 Å². The molecule has 2 rings (SSSR count). The van der Waals surface area contributed by atoms with Crippen molar-refractivity contribution in [1.29, 1.82) is 5.26 Å². The van der Waals surface area contributed by atoms with Gasteiger partial charge in [-0.25, -0.2) is 4.98 Å². The Bertz CT molecular complexity index is 566. The Morgan fingerprint density at radius 2 is 2.29 bits per heavy atom. The van der Waals surface area contributed by atoms with Crippen LogP contribution in [0.4, 0.5) is 0 Å². The lowest BCUT2D eigenvalue weighted by atomic mass is 10.1. The third-order valence-electron chi connectivity index (χ3n) is 2.56. The molecular weight excluding hydrogens is 214 g/mol. The van der Waals surface area contributed by atoms with Crippen molar-refractivity contribution in [3.8, 4) is 23.2 Å². The standard InChI is InChI=1S/C13H13N3O/c1-2-6-16-7-5-15-13(16)10-3-4-12(17)11(8-10)9-14/h3-5,7-8,17H,2,6H2,1H3. The van der Waals surface area contributed by atoms with Gasteiger partial charge in [0.1, 0.15) is 17.6 Å². The number of phenolic OH excluding ortho intramolecular Hbond substituents is 1. The molecule has 0 saturated heterocycles.